The number of ether oxygens (including phenoxy) is 1. The zero-order chi connectivity index (χ0) is 12.5. The molecule has 0 aliphatic carbocycles. The molecule has 0 radical (unpaired) electrons. The van der Waals surface area contributed by atoms with Crippen molar-refractivity contribution in [1.82, 2.24) is 0 Å². The van der Waals surface area contributed by atoms with Gasteiger partial charge in [-0.2, -0.15) is 13.2 Å². The largest absolute Gasteiger partial charge is 0.449 e. The highest BCUT2D eigenvalue weighted by Crippen LogP contribution is 2.37. The van der Waals surface area contributed by atoms with Gasteiger partial charge in [-0.15, -0.1) is 0 Å². The average molecular weight is 242 g/mol. The predicted octanol–water partition coefficient (Wildman–Crippen LogP) is 2.81. The number of carbonyl (C=O) groups excluding carboxylic acids is 1. The fourth-order valence-electron chi connectivity index (χ4n) is 1.75. The lowest BCUT2D eigenvalue weighted by molar-refractivity contribution is -0.223. The third-order valence-electron chi connectivity index (χ3n) is 2.52. The van der Waals surface area contributed by atoms with E-state index < -0.39 is 24.2 Å². The molecule has 1 aliphatic heterocycles. The van der Waals surface area contributed by atoms with Crippen molar-refractivity contribution in [2.75, 3.05) is 0 Å². The number of hydrogen-bond donors (Lipinski definition) is 0. The summed E-state index contributed by atoms with van der Waals surface area (Å²) in [5, 5.41) is 0. The van der Waals surface area contributed by atoms with Gasteiger partial charge in [0.15, 0.2) is 0 Å². The van der Waals surface area contributed by atoms with Gasteiger partial charge in [-0.25, -0.2) is 4.79 Å². The molecule has 1 aliphatic rings. The van der Waals surface area contributed by atoms with Gasteiger partial charge in [0.1, 0.15) is 0 Å². The van der Waals surface area contributed by atoms with E-state index in [0.29, 0.717) is 5.56 Å². The Bertz CT molecular complexity index is 437. The van der Waals surface area contributed by atoms with E-state index in [1.54, 1.807) is 30.3 Å². The van der Waals surface area contributed by atoms with Crippen LogP contribution in [0, 0.1) is 0 Å². The lowest BCUT2D eigenvalue weighted by Crippen LogP contribution is -2.40. The normalized spacial score (nSPS) is 24.5. The first-order valence-corrected chi connectivity index (χ1v) is 4.99. The summed E-state index contributed by atoms with van der Waals surface area (Å²) in [6.07, 6.45) is -4.41. The SMILES string of the molecule is O=C1C=CC(c2ccccc2)C(C(F)(F)F)O1. The fraction of sp³-hybridized carbons (Fsp3) is 0.250. The highest BCUT2D eigenvalue weighted by Gasteiger charge is 2.48. The molecule has 0 spiro atoms. The summed E-state index contributed by atoms with van der Waals surface area (Å²) in [6.45, 7) is 0. The topological polar surface area (TPSA) is 26.3 Å². The van der Waals surface area contributed by atoms with E-state index in [9.17, 15) is 18.0 Å². The van der Waals surface area contributed by atoms with Crippen LogP contribution in [-0.2, 0) is 9.53 Å². The number of halogens is 3. The van der Waals surface area contributed by atoms with E-state index in [-0.39, 0.29) is 0 Å². The molecule has 2 atom stereocenters. The van der Waals surface area contributed by atoms with Crippen molar-refractivity contribution in [3.8, 4) is 0 Å². The monoisotopic (exact) mass is 242 g/mol. The number of carbonyl (C=O) groups is 1. The Balaban J connectivity index is 2.37. The molecule has 0 saturated carbocycles. The highest BCUT2D eigenvalue weighted by molar-refractivity contribution is 5.83. The van der Waals surface area contributed by atoms with Gasteiger partial charge in [0.25, 0.3) is 0 Å². The van der Waals surface area contributed by atoms with Crippen LogP contribution in [0.2, 0.25) is 0 Å². The minimum atomic E-state index is -4.57. The van der Waals surface area contributed by atoms with Crippen molar-refractivity contribution in [3.63, 3.8) is 0 Å². The van der Waals surface area contributed by atoms with Crippen LogP contribution in [0.3, 0.4) is 0 Å². The molecule has 2 unspecified atom stereocenters. The Hall–Kier alpha value is -1.78. The minimum absolute atomic E-state index is 0.471. The molecule has 0 N–H and O–H groups in total. The standard InChI is InChI=1S/C12H9F3O2/c13-12(14,15)11-9(6-7-10(16)17-11)8-4-2-1-3-5-8/h1-7,9,11H. The minimum Gasteiger partial charge on any atom is -0.449 e. The Kier molecular flexibility index (Phi) is 2.92. The van der Waals surface area contributed by atoms with E-state index in [4.69, 9.17) is 0 Å². The number of benzene rings is 1. The maximum atomic E-state index is 12.7. The molecular formula is C12H9F3O2. The molecule has 2 rings (SSSR count). The second kappa shape index (κ2) is 4.24. The van der Waals surface area contributed by atoms with Crippen LogP contribution in [0.15, 0.2) is 42.5 Å². The second-order valence-electron chi connectivity index (χ2n) is 3.69. The summed E-state index contributed by atoms with van der Waals surface area (Å²) < 4.78 is 42.6. The highest BCUT2D eigenvalue weighted by atomic mass is 19.4. The van der Waals surface area contributed by atoms with Crippen molar-refractivity contribution in [1.29, 1.82) is 0 Å². The van der Waals surface area contributed by atoms with Gasteiger partial charge in [0.2, 0.25) is 6.10 Å². The quantitative estimate of drug-likeness (QED) is 0.708. The lowest BCUT2D eigenvalue weighted by atomic mass is 9.91. The first kappa shape index (κ1) is 11.7. The molecule has 0 saturated heterocycles. The fourth-order valence-corrected chi connectivity index (χ4v) is 1.75. The van der Waals surface area contributed by atoms with Crippen LogP contribution in [-0.4, -0.2) is 18.2 Å². The van der Waals surface area contributed by atoms with Crippen LogP contribution in [0.4, 0.5) is 13.2 Å². The number of hydrogen-bond acceptors (Lipinski definition) is 2. The molecule has 90 valence electrons. The third-order valence-corrected chi connectivity index (χ3v) is 2.52. The molecule has 0 aromatic heterocycles. The summed E-state index contributed by atoms with van der Waals surface area (Å²) in [4.78, 5) is 10.9. The summed E-state index contributed by atoms with van der Waals surface area (Å²) in [5.74, 6) is -1.94. The number of alkyl halides is 3. The van der Waals surface area contributed by atoms with Crippen LogP contribution in [0.5, 0.6) is 0 Å². The van der Waals surface area contributed by atoms with Gasteiger partial charge in [0, 0.05) is 12.0 Å². The van der Waals surface area contributed by atoms with Crippen LogP contribution in [0.1, 0.15) is 11.5 Å². The summed E-state index contributed by atoms with van der Waals surface area (Å²) in [6, 6.07) is 8.16. The number of esters is 1. The molecule has 2 nitrogen and oxygen atoms in total. The Morgan fingerprint density at radius 3 is 2.35 bits per heavy atom. The molecule has 1 aromatic rings. The average Bonchev–Trinajstić information content (AvgIpc) is 2.29. The van der Waals surface area contributed by atoms with E-state index >= 15 is 0 Å². The molecule has 5 heteroatoms. The summed E-state index contributed by atoms with van der Waals surface area (Å²) >= 11 is 0. The van der Waals surface area contributed by atoms with Gasteiger partial charge in [0.05, 0.1) is 0 Å². The number of cyclic esters (lactones) is 1. The van der Waals surface area contributed by atoms with Crippen molar-refractivity contribution in [2.45, 2.75) is 18.2 Å². The zero-order valence-corrected chi connectivity index (χ0v) is 8.65. The Morgan fingerprint density at radius 2 is 1.76 bits per heavy atom. The van der Waals surface area contributed by atoms with E-state index in [0.717, 1.165) is 6.08 Å². The Morgan fingerprint density at radius 1 is 1.12 bits per heavy atom. The lowest BCUT2D eigenvalue weighted by Gasteiger charge is -2.29. The molecular weight excluding hydrogens is 233 g/mol. The summed E-state index contributed by atoms with van der Waals surface area (Å²) in [5.41, 5.74) is 0.471. The van der Waals surface area contributed by atoms with E-state index in [1.807, 2.05) is 0 Å². The summed E-state index contributed by atoms with van der Waals surface area (Å²) in [7, 11) is 0. The zero-order valence-electron chi connectivity index (χ0n) is 8.65. The maximum Gasteiger partial charge on any atom is 0.426 e. The van der Waals surface area contributed by atoms with Gasteiger partial charge in [-0.1, -0.05) is 36.4 Å². The van der Waals surface area contributed by atoms with Crippen LogP contribution >= 0.6 is 0 Å². The predicted molar refractivity (Wildman–Crippen MR) is 54.3 cm³/mol. The molecule has 1 aromatic carbocycles. The maximum absolute atomic E-state index is 12.7. The van der Waals surface area contributed by atoms with Crippen molar-refractivity contribution >= 4 is 5.97 Å². The third kappa shape index (κ3) is 2.49. The van der Waals surface area contributed by atoms with Crippen molar-refractivity contribution in [3.05, 3.63) is 48.0 Å². The molecule has 0 amide bonds. The molecule has 0 fully saturated rings. The molecule has 17 heavy (non-hydrogen) atoms. The first-order chi connectivity index (χ1) is 7.98. The van der Waals surface area contributed by atoms with Crippen LogP contribution in [0.25, 0.3) is 0 Å². The molecule has 0 bridgehead atoms. The van der Waals surface area contributed by atoms with Crippen LogP contribution < -0.4 is 0 Å². The van der Waals surface area contributed by atoms with Crippen molar-refractivity contribution in [2.24, 2.45) is 0 Å². The Labute approximate surface area is 95.7 Å². The second-order valence-corrected chi connectivity index (χ2v) is 3.69. The van der Waals surface area contributed by atoms with Gasteiger partial charge in [-0.05, 0) is 5.56 Å². The van der Waals surface area contributed by atoms with Gasteiger partial charge >= 0.3 is 12.1 Å². The van der Waals surface area contributed by atoms with Gasteiger partial charge in [-0.3, -0.25) is 0 Å². The number of rotatable bonds is 1. The molecule has 1 heterocycles. The van der Waals surface area contributed by atoms with E-state index in [1.165, 1.54) is 6.08 Å². The van der Waals surface area contributed by atoms with E-state index in [2.05, 4.69) is 4.74 Å². The van der Waals surface area contributed by atoms with Crippen molar-refractivity contribution < 1.29 is 22.7 Å². The smallest absolute Gasteiger partial charge is 0.426 e. The first-order valence-electron chi connectivity index (χ1n) is 4.99. The van der Waals surface area contributed by atoms with Gasteiger partial charge < -0.3 is 4.74 Å².